The van der Waals surface area contributed by atoms with Crippen LogP contribution >= 0.6 is 0 Å². The molecule has 0 bridgehead atoms. The Morgan fingerprint density at radius 1 is 0.737 bits per heavy atom. The first-order valence-corrected chi connectivity index (χ1v) is 9.07. The molecule has 0 fully saturated rings. The van der Waals surface area contributed by atoms with Gasteiger partial charge in [-0.05, 0) is 27.2 Å². The van der Waals surface area contributed by atoms with Gasteiger partial charge in [-0.25, -0.2) is 0 Å². The molecule has 0 amide bonds. The van der Waals surface area contributed by atoms with Crippen LogP contribution in [-0.4, -0.2) is 36.0 Å². The fourth-order valence-electron chi connectivity index (χ4n) is 2.12. The summed E-state index contributed by atoms with van der Waals surface area (Å²) in [5.41, 5.74) is 0. The van der Waals surface area contributed by atoms with Crippen LogP contribution in [0.5, 0.6) is 0 Å². The Bertz CT molecular complexity index is 165. The summed E-state index contributed by atoms with van der Waals surface area (Å²) in [6, 6.07) is 1.43. The van der Waals surface area contributed by atoms with Crippen LogP contribution in [0.4, 0.5) is 0 Å². The molecule has 0 unspecified atom stereocenters. The van der Waals surface area contributed by atoms with E-state index in [2.05, 4.69) is 0 Å². The van der Waals surface area contributed by atoms with Gasteiger partial charge in [0.1, 0.15) is 0 Å². The Balaban J connectivity index is 0. The molecule has 5 heteroatoms. The normalized spacial score (nSPS) is 11.5. The zero-order valence-electron chi connectivity index (χ0n) is 13.3. The van der Waals surface area contributed by atoms with Crippen LogP contribution in [0.25, 0.3) is 0 Å². The predicted molar refractivity (Wildman–Crippen MR) is 80.1 cm³/mol. The van der Waals surface area contributed by atoms with Gasteiger partial charge in [0.15, 0.2) is 0 Å². The third-order valence-corrected chi connectivity index (χ3v) is 3.64. The number of ether oxygens (including phenoxy) is 3. The van der Waals surface area contributed by atoms with Crippen molar-refractivity contribution in [1.29, 1.82) is 0 Å². The second-order valence-electron chi connectivity index (χ2n) is 4.50. The van der Waals surface area contributed by atoms with Crippen molar-refractivity contribution in [3.05, 3.63) is 0 Å². The van der Waals surface area contributed by atoms with Crippen LogP contribution < -0.4 is 0 Å². The van der Waals surface area contributed by atoms with E-state index in [9.17, 15) is 0 Å². The van der Waals surface area contributed by atoms with E-state index in [1.807, 2.05) is 20.8 Å². The Hall–Kier alpha value is 0.811. The monoisotopic (exact) mass is 324 g/mol. The molecule has 0 atom stereocenters. The molecule has 0 aromatic heterocycles. The molecule has 0 spiro atoms. The molecule has 0 aromatic carbocycles. The number of unbranched alkanes of at least 4 members (excludes halogenated alkanes) is 4. The summed E-state index contributed by atoms with van der Waals surface area (Å²) in [6.45, 7) is 7.83. The summed E-state index contributed by atoms with van der Waals surface area (Å²) >= 11 is 0. The summed E-state index contributed by atoms with van der Waals surface area (Å²) in [6.07, 6.45) is 7.29. The molecule has 0 heterocycles. The van der Waals surface area contributed by atoms with E-state index in [4.69, 9.17) is 14.2 Å². The quantitative estimate of drug-likeness (QED) is 0.296. The second-order valence-corrected chi connectivity index (χ2v) is 5.50. The smallest absolute Gasteiger partial charge is 0.282 e. The van der Waals surface area contributed by atoms with Crippen molar-refractivity contribution in [3.63, 3.8) is 0 Å². The van der Waals surface area contributed by atoms with E-state index in [0.717, 1.165) is 12.8 Å². The molecular formula is C14H32O3SiTi. The minimum Gasteiger partial charge on any atom is -0.328 e. The van der Waals surface area contributed by atoms with Crippen molar-refractivity contribution in [2.45, 2.75) is 71.3 Å². The summed E-state index contributed by atoms with van der Waals surface area (Å²) in [4.78, 5) is 0. The summed E-state index contributed by atoms with van der Waals surface area (Å²) < 4.78 is 17.1. The summed E-state index contributed by atoms with van der Waals surface area (Å²) in [5, 5.41) is 0. The molecule has 0 aromatic rings. The van der Waals surface area contributed by atoms with E-state index in [-0.39, 0.29) is 21.7 Å². The van der Waals surface area contributed by atoms with Crippen molar-refractivity contribution in [3.8, 4) is 0 Å². The standard InChI is InChI=1S/C14H32O3Si.Ti/c1-4-15-14(16-5-2,17-6-3)12-10-8-7-9-11-13-18;/h4-13H2,1-3,18H3;. The third kappa shape index (κ3) is 11.2. The van der Waals surface area contributed by atoms with Crippen LogP contribution in [0, 0.1) is 0 Å². The Morgan fingerprint density at radius 3 is 1.58 bits per heavy atom. The Morgan fingerprint density at radius 2 is 1.16 bits per heavy atom. The van der Waals surface area contributed by atoms with Crippen molar-refractivity contribution >= 4 is 10.2 Å². The molecule has 0 aliphatic carbocycles. The van der Waals surface area contributed by atoms with E-state index in [1.165, 1.54) is 42.0 Å². The third-order valence-electron chi connectivity index (χ3n) is 2.93. The molecule has 19 heavy (non-hydrogen) atoms. The summed E-state index contributed by atoms with van der Waals surface area (Å²) in [5.74, 6) is -0.796. The number of rotatable bonds is 13. The average Bonchev–Trinajstić information content (AvgIpc) is 2.35. The van der Waals surface area contributed by atoms with E-state index >= 15 is 0 Å². The van der Waals surface area contributed by atoms with Crippen LogP contribution in [-0.2, 0) is 35.9 Å². The van der Waals surface area contributed by atoms with E-state index in [1.54, 1.807) is 0 Å². The second kappa shape index (κ2) is 15.2. The molecule has 0 saturated carbocycles. The van der Waals surface area contributed by atoms with Gasteiger partial charge in [-0.1, -0.05) is 31.7 Å². The molecule has 114 valence electrons. The van der Waals surface area contributed by atoms with Gasteiger partial charge in [0.05, 0.1) is 0 Å². The van der Waals surface area contributed by atoms with Crippen LogP contribution in [0.2, 0.25) is 6.04 Å². The van der Waals surface area contributed by atoms with Crippen LogP contribution in [0.15, 0.2) is 0 Å². The maximum absolute atomic E-state index is 5.70. The van der Waals surface area contributed by atoms with Crippen LogP contribution in [0.3, 0.4) is 0 Å². The Kier molecular flexibility index (Phi) is 17.7. The van der Waals surface area contributed by atoms with Gasteiger partial charge in [-0.15, -0.1) is 0 Å². The topological polar surface area (TPSA) is 27.7 Å². The molecule has 0 aliphatic rings. The molecule has 0 saturated heterocycles. The number of hydrogen-bond donors (Lipinski definition) is 0. The van der Waals surface area contributed by atoms with Gasteiger partial charge in [0.2, 0.25) is 0 Å². The van der Waals surface area contributed by atoms with Crippen LogP contribution in [0.1, 0.15) is 59.3 Å². The molecule has 0 rings (SSSR count). The van der Waals surface area contributed by atoms with Gasteiger partial charge in [-0.2, -0.15) is 0 Å². The Labute approximate surface area is 137 Å². The molecule has 0 radical (unpaired) electrons. The summed E-state index contributed by atoms with van der Waals surface area (Å²) in [7, 11) is 1.34. The van der Waals surface area contributed by atoms with E-state index in [0.29, 0.717) is 19.8 Å². The van der Waals surface area contributed by atoms with Crippen molar-refractivity contribution in [1.82, 2.24) is 0 Å². The number of hydrogen-bond acceptors (Lipinski definition) is 3. The molecule has 0 aliphatic heterocycles. The molecule has 3 nitrogen and oxygen atoms in total. The molecule has 0 N–H and O–H groups in total. The maximum atomic E-state index is 5.70. The van der Waals surface area contributed by atoms with Gasteiger partial charge in [0, 0.05) is 58.2 Å². The zero-order chi connectivity index (χ0) is 13.7. The van der Waals surface area contributed by atoms with Crippen molar-refractivity contribution < 1.29 is 35.9 Å². The first-order chi connectivity index (χ1) is 8.74. The predicted octanol–water partition coefficient (Wildman–Crippen LogP) is 2.87. The van der Waals surface area contributed by atoms with Gasteiger partial charge in [0.25, 0.3) is 5.97 Å². The fourth-order valence-corrected chi connectivity index (χ4v) is 2.62. The zero-order valence-corrected chi connectivity index (χ0v) is 16.9. The van der Waals surface area contributed by atoms with E-state index < -0.39 is 5.97 Å². The largest absolute Gasteiger partial charge is 0.328 e. The minimum absolute atomic E-state index is 0. The van der Waals surface area contributed by atoms with Gasteiger partial charge < -0.3 is 14.2 Å². The maximum Gasteiger partial charge on any atom is 0.282 e. The first kappa shape index (κ1) is 22.1. The van der Waals surface area contributed by atoms with Gasteiger partial charge in [-0.3, -0.25) is 0 Å². The van der Waals surface area contributed by atoms with Crippen molar-refractivity contribution in [2.24, 2.45) is 0 Å². The SMILES string of the molecule is CCOC(CCCCCCC[SiH3])(OCC)OCC.[Ti]. The van der Waals surface area contributed by atoms with Crippen molar-refractivity contribution in [2.75, 3.05) is 19.8 Å². The fraction of sp³-hybridized carbons (Fsp3) is 1.00. The minimum atomic E-state index is -0.796. The van der Waals surface area contributed by atoms with Gasteiger partial charge >= 0.3 is 0 Å². The first-order valence-electron chi connectivity index (χ1n) is 7.66. The average molecular weight is 324 g/mol. The molecular weight excluding hydrogens is 292 g/mol.